The molecule has 1 aliphatic heterocycles. The zero-order chi connectivity index (χ0) is 18.9. The van der Waals surface area contributed by atoms with Gasteiger partial charge in [-0.15, -0.1) is 11.8 Å². The highest BCUT2D eigenvalue weighted by Gasteiger charge is 2.22. The van der Waals surface area contributed by atoms with Gasteiger partial charge < -0.3 is 10.2 Å². The number of carbonyl (C=O) groups excluding carboxylic acids is 2. The second-order valence-electron chi connectivity index (χ2n) is 6.90. The largest absolute Gasteiger partial charge is 0.355 e. The Morgan fingerprint density at radius 3 is 2.50 bits per heavy atom. The number of unbranched alkanes of at least 4 members (excludes halogenated alkanes) is 1. The number of thioether (sulfide) groups is 1. The lowest BCUT2D eigenvalue weighted by Crippen LogP contribution is -2.51. The maximum atomic E-state index is 12.4. The summed E-state index contributed by atoms with van der Waals surface area (Å²) in [7, 11) is 0. The molecule has 2 amide bonds. The van der Waals surface area contributed by atoms with Crippen LogP contribution >= 0.6 is 11.8 Å². The highest BCUT2D eigenvalue weighted by Crippen LogP contribution is 2.21. The molecule has 0 bridgehead atoms. The molecule has 0 atom stereocenters. The van der Waals surface area contributed by atoms with Crippen molar-refractivity contribution in [3.05, 3.63) is 29.3 Å². The smallest absolute Gasteiger partial charge is 0.234 e. The third-order valence-corrected chi connectivity index (χ3v) is 5.76. The Labute approximate surface area is 161 Å². The van der Waals surface area contributed by atoms with Gasteiger partial charge in [-0.3, -0.25) is 14.5 Å². The lowest BCUT2D eigenvalue weighted by atomic mass is 10.1. The van der Waals surface area contributed by atoms with E-state index >= 15 is 0 Å². The average Bonchev–Trinajstić information content (AvgIpc) is 2.63. The first-order chi connectivity index (χ1) is 12.5. The minimum Gasteiger partial charge on any atom is -0.355 e. The van der Waals surface area contributed by atoms with Crippen LogP contribution in [0, 0.1) is 13.8 Å². The lowest BCUT2D eigenvalue weighted by Gasteiger charge is -2.34. The van der Waals surface area contributed by atoms with Crippen molar-refractivity contribution in [3.8, 4) is 0 Å². The van der Waals surface area contributed by atoms with Gasteiger partial charge in [0.1, 0.15) is 0 Å². The fourth-order valence-electron chi connectivity index (χ4n) is 2.86. The van der Waals surface area contributed by atoms with Crippen molar-refractivity contribution >= 4 is 23.6 Å². The predicted octanol–water partition coefficient (Wildman–Crippen LogP) is 2.46. The number of nitrogens with zero attached hydrogens (tertiary/aromatic N) is 2. The Morgan fingerprint density at radius 1 is 1.12 bits per heavy atom. The molecule has 1 aromatic rings. The molecule has 144 valence electrons. The van der Waals surface area contributed by atoms with Crippen LogP contribution in [0.25, 0.3) is 0 Å². The van der Waals surface area contributed by atoms with Crippen LogP contribution in [0.1, 0.15) is 30.9 Å². The van der Waals surface area contributed by atoms with Crippen LogP contribution < -0.4 is 5.32 Å². The Morgan fingerprint density at radius 2 is 1.85 bits per heavy atom. The first-order valence-electron chi connectivity index (χ1n) is 9.46. The molecular weight excluding hydrogens is 346 g/mol. The normalized spacial score (nSPS) is 15.1. The summed E-state index contributed by atoms with van der Waals surface area (Å²) >= 11 is 1.60. The molecule has 1 aliphatic rings. The van der Waals surface area contributed by atoms with Crippen molar-refractivity contribution in [2.75, 3.05) is 45.0 Å². The molecular formula is C20H31N3O2S. The van der Waals surface area contributed by atoms with Gasteiger partial charge in [0.25, 0.3) is 0 Å². The SMILES string of the molecule is CCCCNC(=O)CN1CCN(C(=O)CSc2ccc(C)c(C)c2)CC1. The summed E-state index contributed by atoms with van der Waals surface area (Å²) in [6, 6.07) is 6.32. The topological polar surface area (TPSA) is 52.7 Å². The van der Waals surface area contributed by atoms with Crippen LogP contribution in [0.3, 0.4) is 0 Å². The number of carbonyl (C=O) groups is 2. The zero-order valence-corrected chi connectivity index (χ0v) is 17.0. The van der Waals surface area contributed by atoms with Gasteiger partial charge in [0.2, 0.25) is 11.8 Å². The van der Waals surface area contributed by atoms with Crippen molar-refractivity contribution in [3.63, 3.8) is 0 Å². The number of nitrogens with one attached hydrogen (secondary N) is 1. The molecule has 0 radical (unpaired) electrons. The van der Waals surface area contributed by atoms with Crippen molar-refractivity contribution in [2.24, 2.45) is 0 Å². The number of hydrogen-bond acceptors (Lipinski definition) is 4. The summed E-state index contributed by atoms with van der Waals surface area (Å²) in [6.07, 6.45) is 2.10. The second-order valence-corrected chi connectivity index (χ2v) is 7.94. The van der Waals surface area contributed by atoms with Crippen LogP contribution in [0.15, 0.2) is 23.1 Å². The molecule has 0 aromatic heterocycles. The van der Waals surface area contributed by atoms with Gasteiger partial charge in [0, 0.05) is 37.6 Å². The van der Waals surface area contributed by atoms with Gasteiger partial charge in [-0.2, -0.15) is 0 Å². The minimum absolute atomic E-state index is 0.0866. The highest BCUT2D eigenvalue weighted by molar-refractivity contribution is 8.00. The van der Waals surface area contributed by atoms with Crippen molar-refractivity contribution < 1.29 is 9.59 Å². The Kier molecular flexibility index (Phi) is 8.45. The summed E-state index contributed by atoms with van der Waals surface area (Å²) in [5.41, 5.74) is 2.53. The molecule has 5 nitrogen and oxygen atoms in total. The second kappa shape index (κ2) is 10.6. The zero-order valence-electron chi connectivity index (χ0n) is 16.2. The maximum absolute atomic E-state index is 12.4. The Hall–Kier alpha value is -1.53. The van der Waals surface area contributed by atoms with E-state index in [0.717, 1.165) is 37.4 Å². The molecule has 1 saturated heterocycles. The summed E-state index contributed by atoms with van der Waals surface area (Å²) in [4.78, 5) is 29.5. The minimum atomic E-state index is 0.0866. The molecule has 26 heavy (non-hydrogen) atoms. The molecule has 0 unspecified atom stereocenters. The summed E-state index contributed by atoms with van der Waals surface area (Å²) in [5, 5.41) is 2.95. The van der Waals surface area contributed by atoms with Crippen molar-refractivity contribution in [1.82, 2.24) is 15.1 Å². The first-order valence-corrected chi connectivity index (χ1v) is 10.4. The third kappa shape index (κ3) is 6.65. The molecule has 1 fully saturated rings. The summed E-state index contributed by atoms with van der Waals surface area (Å²) < 4.78 is 0. The molecule has 0 spiro atoms. The van der Waals surface area contributed by atoms with E-state index in [-0.39, 0.29) is 11.8 Å². The molecule has 1 aromatic carbocycles. The Bertz CT molecular complexity index is 613. The number of piperazine rings is 1. The summed E-state index contributed by atoms with van der Waals surface area (Å²) in [6.45, 7) is 10.4. The van der Waals surface area contributed by atoms with Gasteiger partial charge >= 0.3 is 0 Å². The fourth-order valence-corrected chi connectivity index (χ4v) is 3.76. The van der Waals surface area contributed by atoms with E-state index in [1.54, 1.807) is 11.8 Å². The lowest BCUT2D eigenvalue weighted by molar-refractivity contribution is -0.130. The van der Waals surface area contributed by atoms with Crippen molar-refractivity contribution in [2.45, 2.75) is 38.5 Å². The summed E-state index contributed by atoms with van der Waals surface area (Å²) in [5.74, 6) is 0.740. The predicted molar refractivity (Wildman–Crippen MR) is 108 cm³/mol. The first kappa shape index (κ1) is 20.8. The Balaban J connectivity index is 1.69. The monoisotopic (exact) mass is 377 g/mol. The van der Waals surface area contributed by atoms with Gasteiger partial charge in [-0.1, -0.05) is 19.4 Å². The van der Waals surface area contributed by atoms with Crippen LogP contribution in [-0.4, -0.2) is 66.6 Å². The standard InChI is InChI=1S/C20H31N3O2S/c1-4-5-8-21-19(24)14-22-9-11-23(12-10-22)20(25)15-26-18-7-6-16(2)17(3)13-18/h6-7,13H,4-5,8-12,14-15H2,1-3H3,(H,21,24). The average molecular weight is 378 g/mol. The molecule has 6 heteroatoms. The van der Waals surface area contributed by atoms with Gasteiger partial charge in [0.15, 0.2) is 0 Å². The van der Waals surface area contributed by atoms with Crippen LogP contribution in [0.4, 0.5) is 0 Å². The van der Waals surface area contributed by atoms with Crippen LogP contribution in [0.5, 0.6) is 0 Å². The number of rotatable bonds is 8. The third-order valence-electron chi connectivity index (χ3n) is 4.79. The molecule has 0 saturated carbocycles. The van der Waals surface area contributed by atoms with E-state index in [1.807, 2.05) is 4.90 Å². The van der Waals surface area contributed by atoms with E-state index in [2.05, 4.69) is 49.2 Å². The maximum Gasteiger partial charge on any atom is 0.234 e. The van der Waals surface area contributed by atoms with Gasteiger partial charge in [0.05, 0.1) is 12.3 Å². The number of aryl methyl sites for hydroxylation is 2. The van der Waals surface area contributed by atoms with Crippen molar-refractivity contribution in [1.29, 1.82) is 0 Å². The van der Waals surface area contributed by atoms with E-state index < -0.39 is 0 Å². The molecule has 2 rings (SSSR count). The van der Waals surface area contributed by atoms with Crippen LogP contribution in [0.2, 0.25) is 0 Å². The van der Waals surface area contributed by atoms with E-state index in [9.17, 15) is 9.59 Å². The van der Waals surface area contributed by atoms with Gasteiger partial charge in [-0.25, -0.2) is 0 Å². The van der Waals surface area contributed by atoms with Gasteiger partial charge in [-0.05, 0) is 43.5 Å². The molecule has 0 aliphatic carbocycles. The van der Waals surface area contributed by atoms with E-state index in [4.69, 9.17) is 0 Å². The number of benzene rings is 1. The highest BCUT2D eigenvalue weighted by atomic mass is 32.2. The molecule has 1 heterocycles. The number of hydrogen-bond donors (Lipinski definition) is 1. The van der Waals surface area contributed by atoms with Crippen LogP contribution in [-0.2, 0) is 9.59 Å². The quantitative estimate of drug-likeness (QED) is 0.559. The van der Waals surface area contributed by atoms with E-state index in [0.29, 0.717) is 25.4 Å². The fraction of sp³-hybridized carbons (Fsp3) is 0.600. The van der Waals surface area contributed by atoms with E-state index in [1.165, 1.54) is 11.1 Å². The number of amides is 2. The molecule has 1 N–H and O–H groups in total.